The predicted octanol–water partition coefficient (Wildman–Crippen LogP) is 4.25. The first-order valence-electron chi connectivity index (χ1n) is 5.57. The fraction of sp³-hybridized carbons (Fsp3) is 0.0769. The third-order valence-electron chi connectivity index (χ3n) is 2.51. The Hall–Kier alpha value is -1.96. The molecule has 1 heterocycles. The Kier molecular flexibility index (Phi) is 4.26. The van der Waals surface area contributed by atoms with Gasteiger partial charge < -0.3 is 5.32 Å². The number of alkyl halides is 3. The maximum absolute atomic E-state index is 13.7. The van der Waals surface area contributed by atoms with Crippen LogP contribution in [-0.2, 0) is 6.18 Å². The molecule has 0 atom stereocenters. The SMILES string of the molecule is O=C(Nc1ccc(C(F)(F)F)nc1)c1cccc(Br)c1F. The Morgan fingerprint density at radius 2 is 1.90 bits per heavy atom. The number of hydrogen-bond acceptors (Lipinski definition) is 2. The number of benzene rings is 1. The molecule has 0 radical (unpaired) electrons. The van der Waals surface area contributed by atoms with E-state index in [-0.39, 0.29) is 15.7 Å². The van der Waals surface area contributed by atoms with Crippen LogP contribution in [0.1, 0.15) is 16.1 Å². The molecule has 110 valence electrons. The van der Waals surface area contributed by atoms with Gasteiger partial charge in [0, 0.05) is 0 Å². The van der Waals surface area contributed by atoms with Crippen molar-refractivity contribution in [1.29, 1.82) is 0 Å². The van der Waals surface area contributed by atoms with E-state index in [0.717, 1.165) is 18.3 Å². The third-order valence-corrected chi connectivity index (χ3v) is 3.12. The first-order chi connectivity index (χ1) is 9.79. The molecule has 2 rings (SSSR count). The molecule has 1 amide bonds. The van der Waals surface area contributed by atoms with Gasteiger partial charge in [-0.25, -0.2) is 9.37 Å². The molecule has 0 aliphatic heterocycles. The van der Waals surface area contributed by atoms with Gasteiger partial charge in [0.25, 0.3) is 5.91 Å². The lowest BCUT2D eigenvalue weighted by Gasteiger charge is -2.08. The van der Waals surface area contributed by atoms with E-state index < -0.39 is 23.6 Å². The van der Waals surface area contributed by atoms with Crippen LogP contribution < -0.4 is 5.32 Å². The molecule has 0 spiro atoms. The van der Waals surface area contributed by atoms with Crippen LogP contribution in [0.25, 0.3) is 0 Å². The number of rotatable bonds is 2. The summed E-state index contributed by atoms with van der Waals surface area (Å²) < 4.78 is 50.8. The lowest BCUT2D eigenvalue weighted by Crippen LogP contribution is -2.15. The van der Waals surface area contributed by atoms with Gasteiger partial charge in [0.15, 0.2) is 0 Å². The van der Waals surface area contributed by atoms with Crippen molar-refractivity contribution >= 4 is 27.5 Å². The summed E-state index contributed by atoms with van der Waals surface area (Å²) in [5.41, 5.74) is -1.27. The Morgan fingerprint density at radius 3 is 2.48 bits per heavy atom. The van der Waals surface area contributed by atoms with Gasteiger partial charge in [-0.15, -0.1) is 0 Å². The van der Waals surface area contributed by atoms with E-state index in [1.54, 1.807) is 0 Å². The second-order valence-corrected chi connectivity index (χ2v) is 4.84. The Morgan fingerprint density at radius 1 is 1.19 bits per heavy atom. The zero-order valence-corrected chi connectivity index (χ0v) is 11.8. The van der Waals surface area contributed by atoms with E-state index in [1.165, 1.54) is 18.2 Å². The van der Waals surface area contributed by atoms with Crippen LogP contribution in [0, 0.1) is 5.82 Å². The van der Waals surface area contributed by atoms with Crippen molar-refractivity contribution in [2.45, 2.75) is 6.18 Å². The monoisotopic (exact) mass is 362 g/mol. The van der Waals surface area contributed by atoms with Crippen LogP contribution in [0.3, 0.4) is 0 Å². The summed E-state index contributed by atoms with van der Waals surface area (Å²) in [6, 6.07) is 5.92. The molecule has 0 fully saturated rings. The molecule has 0 bridgehead atoms. The van der Waals surface area contributed by atoms with E-state index >= 15 is 0 Å². The number of hydrogen-bond donors (Lipinski definition) is 1. The molecule has 3 nitrogen and oxygen atoms in total. The number of amides is 1. The zero-order chi connectivity index (χ0) is 15.6. The number of nitrogens with one attached hydrogen (secondary N) is 1. The molecule has 0 aliphatic rings. The van der Waals surface area contributed by atoms with Crippen molar-refractivity contribution in [1.82, 2.24) is 4.98 Å². The van der Waals surface area contributed by atoms with Gasteiger partial charge in [0.1, 0.15) is 11.5 Å². The maximum Gasteiger partial charge on any atom is 0.433 e. The summed E-state index contributed by atoms with van der Waals surface area (Å²) >= 11 is 2.94. The summed E-state index contributed by atoms with van der Waals surface area (Å²) in [7, 11) is 0. The Labute approximate surface area is 125 Å². The lowest BCUT2D eigenvalue weighted by molar-refractivity contribution is -0.141. The van der Waals surface area contributed by atoms with E-state index in [0.29, 0.717) is 0 Å². The van der Waals surface area contributed by atoms with Gasteiger partial charge in [-0.3, -0.25) is 4.79 Å². The van der Waals surface area contributed by atoms with Crippen LogP contribution in [0.5, 0.6) is 0 Å². The standard InChI is InChI=1S/C13H7BrF4N2O/c14-9-3-1-2-8(11(9)15)12(21)20-7-4-5-10(19-6-7)13(16,17)18/h1-6H,(H,20,21). The van der Waals surface area contributed by atoms with Crippen molar-refractivity contribution in [2.75, 3.05) is 5.32 Å². The predicted molar refractivity (Wildman–Crippen MR) is 71.3 cm³/mol. The van der Waals surface area contributed by atoms with Crippen LogP contribution in [0.15, 0.2) is 41.0 Å². The van der Waals surface area contributed by atoms with Crippen molar-refractivity contribution in [3.05, 3.63) is 58.1 Å². The molecule has 2 aromatic rings. The molecule has 0 unspecified atom stereocenters. The van der Waals surface area contributed by atoms with Gasteiger partial charge in [0.2, 0.25) is 0 Å². The van der Waals surface area contributed by atoms with E-state index in [2.05, 4.69) is 26.2 Å². The third kappa shape index (κ3) is 3.57. The average molecular weight is 363 g/mol. The lowest BCUT2D eigenvalue weighted by atomic mass is 10.2. The molecule has 0 saturated heterocycles. The average Bonchev–Trinajstić information content (AvgIpc) is 2.41. The number of aromatic nitrogens is 1. The number of carbonyl (C=O) groups is 1. The minimum Gasteiger partial charge on any atom is -0.320 e. The number of nitrogens with zero attached hydrogens (tertiary/aromatic N) is 1. The number of anilines is 1. The highest BCUT2D eigenvalue weighted by Crippen LogP contribution is 2.28. The van der Waals surface area contributed by atoms with E-state index in [4.69, 9.17) is 0 Å². The second-order valence-electron chi connectivity index (χ2n) is 3.99. The first kappa shape index (κ1) is 15.4. The smallest absolute Gasteiger partial charge is 0.320 e. The van der Waals surface area contributed by atoms with Crippen molar-refractivity contribution in [3.63, 3.8) is 0 Å². The highest BCUT2D eigenvalue weighted by molar-refractivity contribution is 9.10. The van der Waals surface area contributed by atoms with Gasteiger partial charge in [0.05, 0.1) is 21.9 Å². The largest absolute Gasteiger partial charge is 0.433 e. The van der Waals surface area contributed by atoms with E-state index in [1.807, 2.05) is 0 Å². The molecular weight excluding hydrogens is 356 g/mol. The second kappa shape index (κ2) is 5.80. The van der Waals surface area contributed by atoms with Crippen LogP contribution in [0.2, 0.25) is 0 Å². The molecule has 1 aromatic carbocycles. The quantitative estimate of drug-likeness (QED) is 0.811. The fourth-order valence-corrected chi connectivity index (χ4v) is 1.88. The Balaban J connectivity index is 2.18. The number of halogens is 5. The van der Waals surface area contributed by atoms with E-state index in [9.17, 15) is 22.4 Å². The fourth-order valence-electron chi connectivity index (χ4n) is 1.51. The molecule has 21 heavy (non-hydrogen) atoms. The summed E-state index contributed by atoms with van der Waals surface area (Å²) in [6.07, 6.45) is -3.70. The summed E-state index contributed by atoms with van der Waals surface area (Å²) in [4.78, 5) is 15.0. The maximum atomic E-state index is 13.7. The van der Waals surface area contributed by atoms with Crippen LogP contribution >= 0.6 is 15.9 Å². The molecule has 0 saturated carbocycles. The molecule has 8 heteroatoms. The van der Waals surface area contributed by atoms with Crippen molar-refractivity contribution in [2.24, 2.45) is 0 Å². The minimum atomic E-state index is -4.56. The zero-order valence-electron chi connectivity index (χ0n) is 10.2. The van der Waals surface area contributed by atoms with Crippen LogP contribution in [0.4, 0.5) is 23.2 Å². The van der Waals surface area contributed by atoms with Gasteiger partial charge in [-0.1, -0.05) is 6.07 Å². The van der Waals surface area contributed by atoms with Crippen molar-refractivity contribution in [3.8, 4) is 0 Å². The van der Waals surface area contributed by atoms with Gasteiger partial charge in [-0.2, -0.15) is 13.2 Å². The summed E-state index contributed by atoms with van der Waals surface area (Å²) in [5.74, 6) is -1.54. The van der Waals surface area contributed by atoms with Gasteiger partial charge >= 0.3 is 6.18 Å². The Bertz CT molecular complexity index is 671. The van der Waals surface area contributed by atoms with Crippen LogP contribution in [-0.4, -0.2) is 10.9 Å². The first-order valence-corrected chi connectivity index (χ1v) is 6.37. The van der Waals surface area contributed by atoms with Crippen molar-refractivity contribution < 1.29 is 22.4 Å². The van der Waals surface area contributed by atoms with Gasteiger partial charge in [-0.05, 0) is 40.2 Å². The topological polar surface area (TPSA) is 42.0 Å². The molecule has 1 aromatic heterocycles. The molecule has 0 aliphatic carbocycles. The summed E-state index contributed by atoms with van der Waals surface area (Å²) in [6.45, 7) is 0. The summed E-state index contributed by atoms with van der Waals surface area (Å²) in [5, 5.41) is 2.28. The molecular formula is C13H7BrF4N2O. The highest BCUT2D eigenvalue weighted by atomic mass is 79.9. The normalized spacial score (nSPS) is 11.3. The minimum absolute atomic E-state index is 0.0346. The highest BCUT2D eigenvalue weighted by Gasteiger charge is 2.32. The molecule has 1 N–H and O–H groups in total. The number of pyridine rings is 1. The number of carbonyl (C=O) groups excluding carboxylic acids is 1.